The molecule has 0 amide bonds. The molecule has 0 aromatic heterocycles. The molecular weight excluding hydrogens is 321 g/mol. The molecule has 1 aromatic rings. The molecule has 0 radical (unpaired) electrons. The Hall–Kier alpha value is -1.82. The number of rotatable bonds is 12. The van der Waals surface area contributed by atoms with Gasteiger partial charge in [0.25, 0.3) is 0 Å². The zero-order valence-electron chi connectivity index (χ0n) is 15.7. The van der Waals surface area contributed by atoms with E-state index in [4.69, 9.17) is 9.47 Å². The Morgan fingerprint density at radius 3 is 2.72 bits per heavy atom. The van der Waals surface area contributed by atoms with E-state index in [9.17, 15) is 4.39 Å². The zero-order valence-corrected chi connectivity index (χ0v) is 15.7. The minimum absolute atomic E-state index is 0.0843. The Morgan fingerprint density at radius 2 is 2.04 bits per heavy atom. The molecule has 0 aliphatic heterocycles. The summed E-state index contributed by atoms with van der Waals surface area (Å²) >= 11 is 0. The smallest absolute Gasteiger partial charge is 0.191 e. The third-order valence-corrected chi connectivity index (χ3v) is 3.67. The summed E-state index contributed by atoms with van der Waals surface area (Å²) in [5.41, 5.74) is 0. The van der Waals surface area contributed by atoms with Crippen LogP contribution in [0.2, 0.25) is 0 Å². The molecule has 2 N–H and O–H groups in total. The number of hydrogen-bond acceptors (Lipinski definition) is 3. The molecule has 0 aliphatic carbocycles. The minimum Gasteiger partial charge on any atom is -0.488 e. The maximum absolute atomic E-state index is 13.3. The molecule has 0 saturated heterocycles. The monoisotopic (exact) mass is 353 g/mol. The Balaban J connectivity index is 2.44. The van der Waals surface area contributed by atoms with Crippen LogP contribution in [-0.2, 0) is 4.74 Å². The first-order valence-electron chi connectivity index (χ1n) is 9.12. The van der Waals surface area contributed by atoms with E-state index in [-0.39, 0.29) is 11.9 Å². The quantitative estimate of drug-likeness (QED) is 0.344. The standard InChI is InChI=1S/C19H32FN3O2/c1-4-17(25-18-11-9-10-16(20)14-18)15-23-19(21-5-2)22-12-7-6-8-13-24-3/h9-11,14,17H,4-8,12-13,15H2,1-3H3,(H2,21,22,23). The van der Waals surface area contributed by atoms with Crippen LogP contribution in [0.4, 0.5) is 4.39 Å². The topological polar surface area (TPSA) is 54.9 Å². The van der Waals surface area contributed by atoms with Crippen LogP contribution in [0.15, 0.2) is 29.3 Å². The number of ether oxygens (including phenoxy) is 2. The highest BCUT2D eigenvalue weighted by Crippen LogP contribution is 2.15. The Morgan fingerprint density at radius 1 is 1.20 bits per heavy atom. The molecule has 25 heavy (non-hydrogen) atoms. The molecule has 0 aliphatic rings. The number of hydrogen-bond donors (Lipinski definition) is 2. The summed E-state index contributed by atoms with van der Waals surface area (Å²) in [5, 5.41) is 6.57. The van der Waals surface area contributed by atoms with Gasteiger partial charge in [0, 0.05) is 32.9 Å². The van der Waals surface area contributed by atoms with E-state index in [2.05, 4.69) is 15.6 Å². The fourth-order valence-electron chi connectivity index (χ4n) is 2.27. The summed E-state index contributed by atoms with van der Waals surface area (Å²) in [5.74, 6) is 1.04. The number of methoxy groups -OCH3 is 1. The van der Waals surface area contributed by atoms with Crippen LogP contribution < -0.4 is 15.4 Å². The van der Waals surface area contributed by atoms with Gasteiger partial charge < -0.3 is 20.1 Å². The fraction of sp³-hybridized carbons (Fsp3) is 0.632. The number of nitrogens with one attached hydrogen (secondary N) is 2. The van der Waals surface area contributed by atoms with E-state index in [0.29, 0.717) is 12.3 Å². The second-order valence-corrected chi connectivity index (χ2v) is 5.81. The Labute approximate surface area is 151 Å². The highest BCUT2D eigenvalue weighted by Gasteiger charge is 2.09. The van der Waals surface area contributed by atoms with Gasteiger partial charge in [-0.1, -0.05) is 13.0 Å². The fourth-order valence-corrected chi connectivity index (χ4v) is 2.27. The number of guanidine groups is 1. The first-order valence-corrected chi connectivity index (χ1v) is 9.12. The highest BCUT2D eigenvalue weighted by atomic mass is 19.1. The summed E-state index contributed by atoms with van der Waals surface area (Å²) in [4.78, 5) is 4.59. The van der Waals surface area contributed by atoms with Gasteiger partial charge in [0.05, 0.1) is 6.54 Å². The molecule has 1 atom stereocenters. The zero-order chi connectivity index (χ0) is 18.3. The summed E-state index contributed by atoms with van der Waals surface area (Å²) in [6.45, 7) is 7.08. The molecule has 0 heterocycles. The van der Waals surface area contributed by atoms with Crippen LogP contribution in [0.1, 0.15) is 39.5 Å². The lowest BCUT2D eigenvalue weighted by atomic mass is 10.2. The van der Waals surface area contributed by atoms with Crippen molar-refractivity contribution in [3.8, 4) is 5.75 Å². The first-order chi connectivity index (χ1) is 12.2. The second kappa shape index (κ2) is 13.5. The molecule has 0 bridgehead atoms. The number of nitrogens with zero attached hydrogens (tertiary/aromatic N) is 1. The maximum Gasteiger partial charge on any atom is 0.191 e. The van der Waals surface area contributed by atoms with Gasteiger partial charge >= 0.3 is 0 Å². The van der Waals surface area contributed by atoms with Crippen molar-refractivity contribution in [1.82, 2.24) is 10.6 Å². The molecule has 5 nitrogen and oxygen atoms in total. The van der Waals surface area contributed by atoms with E-state index in [0.717, 1.165) is 51.3 Å². The average Bonchev–Trinajstić information content (AvgIpc) is 2.61. The van der Waals surface area contributed by atoms with Gasteiger partial charge in [-0.2, -0.15) is 0 Å². The van der Waals surface area contributed by atoms with Gasteiger partial charge in [-0.15, -0.1) is 0 Å². The van der Waals surface area contributed by atoms with Crippen molar-refractivity contribution >= 4 is 5.96 Å². The number of aliphatic imine (C=N–C) groups is 1. The molecule has 0 spiro atoms. The van der Waals surface area contributed by atoms with Crippen molar-refractivity contribution in [2.24, 2.45) is 4.99 Å². The van der Waals surface area contributed by atoms with Crippen molar-refractivity contribution in [2.75, 3.05) is 33.4 Å². The van der Waals surface area contributed by atoms with Crippen molar-refractivity contribution < 1.29 is 13.9 Å². The molecule has 0 fully saturated rings. The van der Waals surface area contributed by atoms with E-state index >= 15 is 0 Å². The molecule has 6 heteroatoms. The van der Waals surface area contributed by atoms with Crippen LogP contribution >= 0.6 is 0 Å². The lowest BCUT2D eigenvalue weighted by Gasteiger charge is -2.17. The van der Waals surface area contributed by atoms with Crippen LogP contribution in [0.5, 0.6) is 5.75 Å². The molecule has 0 saturated carbocycles. The van der Waals surface area contributed by atoms with Crippen molar-refractivity contribution in [2.45, 2.75) is 45.6 Å². The minimum atomic E-state index is -0.292. The SMILES string of the molecule is CCNC(=NCC(CC)Oc1cccc(F)c1)NCCCCCOC. The predicted octanol–water partition coefficient (Wildman–Crippen LogP) is 3.35. The molecule has 1 aromatic carbocycles. The highest BCUT2D eigenvalue weighted by molar-refractivity contribution is 5.79. The third kappa shape index (κ3) is 9.92. The number of halogens is 1. The van der Waals surface area contributed by atoms with Crippen LogP contribution in [0.25, 0.3) is 0 Å². The van der Waals surface area contributed by atoms with E-state index in [1.54, 1.807) is 19.2 Å². The maximum atomic E-state index is 13.3. The predicted molar refractivity (Wildman–Crippen MR) is 101 cm³/mol. The average molecular weight is 353 g/mol. The lowest BCUT2D eigenvalue weighted by molar-refractivity contribution is 0.192. The summed E-state index contributed by atoms with van der Waals surface area (Å²) in [6.07, 6.45) is 3.99. The lowest BCUT2D eigenvalue weighted by Crippen LogP contribution is -2.38. The van der Waals surface area contributed by atoms with Crippen LogP contribution in [0.3, 0.4) is 0 Å². The van der Waals surface area contributed by atoms with Crippen LogP contribution in [0, 0.1) is 5.82 Å². The van der Waals surface area contributed by atoms with Crippen LogP contribution in [-0.4, -0.2) is 45.4 Å². The van der Waals surface area contributed by atoms with Gasteiger partial charge in [-0.05, 0) is 44.7 Å². The van der Waals surface area contributed by atoms with Gasteiger partial charge in [-0.25, -0.2) is 9.38 Å². The molecule has 1 rings (SSSR count). The first kappa shape index (κ1) is 21.2. The molecule has 1 unspecified atom stereocenters. The van der Waals surface area contributed by atoms with Gasteiger partial charge in [0.1, 0.15) is 17.7 Å². The second-order valence-electron chi connectivity index (χ2n) is 5.81. The van der Waals surface area contributed by atoms with E-state index < -0.39 is 0 Å². The van der Waals surface area contributed by atoms with Gasteiger partial charge in [0.2, 0.25) is 0 Å². The van der Waals surface area contributed by atoms with E-state index in [1.165, 1.54) is 12.1 Å². The third-order valence-electron chi connectivity index (χ3n) is 3.67. The molecule has 142 valence electrons. The van der Waals surface area contributed by atoms with E-state index in [1.807, 2.05) is 13.8 Å². The Bertz CT molecular complexity index is 497. The summed E-state index contributed by atoms with van der Waals surface area (Å²) < 4.78 is 24.1. The van der Waals surface area contributed by atoms with Crippen molar-refractivity contribution in [3.63, 3.8) is 0 Å². The number of unbranched alkanes of at least 4 members (excludes halogenated alkanes) is 2. The van der Waals surface area contributed by atoms with Crippen molar-refractivity contribution in [3.05, 3.63) is 30.1 Å². The molecular formula is C19H32FN3O2. The number of benzene rings is 1. The largest absolute Gasteiger partial charge is 0.488 e. The summed E-state index contributed by atoms with van der Waals surface area (Å²) in [7, 11) is 1.73. The van der Waals surface area contributed by atoms with Gasteiger partial charge in [0.15, 0.2) is 5.96 Å². The van der Waals surface area contributed by atoms with Crippen molar-refractivity contribution in [1.29, 1.82) is 0 Å². The van der Waals surface area contributed by atoms with Gasteiger partial charge in [-0.3, -0.25) is 0 Å². The normalized spacial score (nSPS) is 12.7. The Kier molecular flexibility index (Phi) is 11.4. The summed E-state index contributed by atoms with van der Waals surface area (Å²) in [6, 6.07) is 6.22.